The van der Waals surface area contributed by atoms with Crippen molar-refractivity contribution in [1.82, 2.24) is 14.5 Å². The minimum atomic E-state index is -3.70. The van der Waals surface area contributed by atoms with Crippen LogP contribution in [0.1, 0.15) is 90.7 Å². The number of carbonyl (C=O) groups excluding carboxylic acids is 2. The molecule has 1 saturated heterocycles. The first kappa shape index (κ1) is 39.2. The van der Waals surface area contributed by atoms with Crippen molar-refractivity contribution in [1.29, 1.82) is 0 Å². The number of fused-ring (bicyclic) bond motifs is 4. The van der Waals surface area contributed by atoms with E-state index in [4.69, 9.17) is 4.74 Å². The summed E-state index contributed by atoms with van der Waals surface area (Å²) in [5, 5.41) is 13.2. The Kier molecular flexibility index (Phi) is 11.6. The Bertz CT molecular complexity index is 1490. The van der Waals surface area contributed by atoms with Gasteiger partial charge in [-0.3, -0.25) is 0 Å². The number of carboxylic acid groups (broad SMARTS) is 1. The first-order chi connectivity index (χ1) is 21.8. The third-order valence-corrected chi connectivity index (χ3v) is 15.0. The SMILES string of the molecule is C[S+](C)CC[C@@H](C(=O)O)N(C(=O)N[C@H]1C[C@H]2CC[C@]1(CS(=O)(=O)N1CCC3(CCc4ccccc43)CC1)C2(C)C)C(=O)OC(C)(C)C.[I-]. The summed E-state index contributed by atoms with van der Waals surface area (Å²) in [6, 6.07) is 5.75. The van der Waals surface area contributed by atoms with Gasteiger partial charge in [-0.05, 0) is 104 Å². The molecular formula is C35H54IN3O7S2. The zero-order valence-electron chi connectivity index (χ0n) is 29.5. The summed E-state index contributed by atoms with van der Waals surface area (Å²) in [7, 11) is -3.81. The number of hydrogen-bond donors (Lipinski definition) is 2. The molecular weight excluding hydrogens is 765 g/mol. The van der Waals surface area contributed by atoms with Crippen molar-refractivity contribution in [2.45, 2.75) is 109 Å². The highest BCUT2D eigenvalue weighted by Gasteiger charge is 2.66. The molecule has 1 aromatic carbocycles. The second-order valence-electron chi connectivity index (χ2n) is 16.1. The molecule has 0 radical (unpaired) electrons. The monoisotopic (exact) mass is 819 g/mol. The largest absolute Gasteiger partial charge is 1.00 e. The summed E-state index contributed by atoms with van der Waals surface area (Å²) in [5.74, 6) is -0.668. The average Bonchev–Trinajstić information content (AvgIpc) is 3.50. The van der Waals surface area contributed by atoms with Gasteiger partial charge in [-0.15, -0.1) is 0 Å². The van der Waals surface area contributed by atoms with Gasteiger partial charge in [-0.25, -0.2) is 32.0 Å². The van der Waals surface area contributed by atoms with E-state index in [9.17, 15) is 27.9 Å². The Balaban J connectivity index is 0.00000520. The molecule has 2 bridgehead atoms. The number of nitrogens with one attached hydrogen (secondary N) is 1. The normalized spacial score (nSPS) is 26.5. The summed E-state index contributed by atoms with van der Waals surface area (Å²) in [5.41, 5.74) is 0.679. The maximum Gasteiger partial charge on any atom is 0.419 e. The zero-order valence-corrected chi connectivity index (χ0v) is 33.3. The number of nitrogens with zero attached hydrogens (tertiary/aromatic N) is 2. The van der Waals surface area contributed by atoms with Crippen LogP contribution in [0.5, 0.6) is 0 Å². The lowest BCUT2D eigenvalue weighted by Gasteiger charge is -2.45. The van der Waals surface area contributed by atoms with E-state index < -0.39 is 51.2 Å². The van der Waals surface area contributed by atoms with Crippen molar-refractivity contribution in [3.8, 4) is 0 Å². The van der Waals surface area contributed by atoms with E-state index in [0.717, 1.165) is 32.1 Å². The molecule has 3 aliphatic carbocycles. The Morgan fingerprint density at radius 3 is 2.33 bits per heavy atom. The van der Waals surface area contributed by atoms with Crippen LogP contribution < -0.4 is 29.3 Å². The van der Waals surface area contributed by atoms with E-state index in [1.165, 1.54) is 11.1 Å². The maximum atomic E-state index is 14.3. The van der Waals surface area contributed by atoms with Crippen LogP contribution >= 0.6 is 0 Å². The van der Waals surface area contributed by atoms with Crippen molar-refractivity contribution in [3.05, 3.63) is 35.4 Å². The van der Waals surface area contributed by atoms with Gasteiger partial charge in [0.2, 0.25) is 10.0 Å². The van der Waals surface area contributed by atoms with Crippen LogP contribution in [0, 0.1) is 16.7 Å². The highest BCUT2D eigenvalue weighted by atomic mass is 127. The average molecular weight is 820 g/mol. The van der Waals surface area contributed by atoms with E-state index in [1.807, 2.05) is 12.5 Å². The van der Waals surface area contributed by atoms with Crippen molar-refractivity contribution < 1.29 is 56.6 Å². The van der Waals surface area contributed by atoms with Gasteiger partial charge in [-0.2, -0.15) is 0 Å². The highest BCUT2D eigenvalue weighted by Crippen LogP contribution is 2.66. The Hall–Kier alpha value is -1.58. The van der Waals surface area contributed by atoms with Gasteiger partial charge in [0.05, 0.1) is 18.3 Å². The molecule has 13 heteroatoms. The second-order valence-corrected chi connectivity index (χ2v) is 20.5. The van der Waals surface area contributed by atoms with E-state index in [0.29, 0.717) is 36.6 Å². The quantitative estimate of drug-likeness (QED) is 0.289. The summed E-state index contributed by atoms with van der Waals surface area (Å²) in [6.45, 7) is 10.1. The fourth-order valence-corrected chi connectivity index (χ4v) is 12.1. The topological polar surface area (TPSA) is 133 Å². The number of carboxylic acids is 1. The third kappa shape index (κ3) is 7.39. The molecule has 3 amide bonds. The van der Waals surface area contributed by atoms with E-state index in [1.54, 1.807) is 25.1 Å². The molecule has 10 nitrogen and oxygen atoms in total. The predicted molar refractivity (Wildman–Crippen MR) is 185 cm³/mol. The fourth-order valence-electron chi connectivity index (χ4n) is 9.11. The van der Waals surface area contributed by atoms with Gasteiger partial charge >= 0.3 is 18.1 Å². The lowest BCUT2D eigenvalue weighted by Crippen LogP contribution is -3.00. The van der Waals surface area contributed by atoms with Crippen LogP contribution in [0.3, 0.4) is 0 Å². The van der Waals surface area contributed by atoms with Crippen LogP contribution in [-0.2, 0) is 42.3 Å². The van der Waals surface area contributed by atoms with Gasteiger partial charge in [-0.1, -0.05) is 38.1 Å². The van der Waals surface area contributed by atoms with Crippen molar-refractivity contribution >= 4 is 39.0 Å². The molecule has 4 atom stereocenters. The lowest BCUT2D eigenvalue weighted by molar-refractivity contribution is -0.142. The number of amides is 3. The van der Waals surface area contributed by atoms with Crippen LogP contribution in [0.4, 0.5) is 9.59 Å². The number of urea groups is 1. The van der Waals surface area contributed by atoms with Crippen LogP contribution in [-0.4, -0.2) is 95.6 Å². The molecule has 1 aromatic rings. The summed E-state index contributed by atoms with van der Waals surface area (Å²) in [4.78, 5) is 40.7. The van der Waals surface area contributed by atoms with Crippen LogP contribution in [0.25, 0.3) is 0 Å². The third-order valence-electron chi connectivity index (χ3n) is 11.9. The van der Waals surface area contributed by atoms with Crippen molar-refractivity contribution in [3.63, 3.8) is 0 Å². The Morgan fingerprint density at radius 1 is 1.10 bits per heavy atom. The van der Waals surface area contributed by atoms with Crippen LogP contribution in [0.15, 0.2) is 24.3 Å². The number of ether oxygens (including phenoxy) is 1. The molecule has 2 saturated carbocycles. The fraction of sp³-hybridized carbons (Fsp3) is 0.743. The molecule has 2 N–H and O–H groups in total. The van der Waals surface area contributed by atoms with Gasteiger partial charge in [0.1, 0.15) is 17.4 Å². The van der Waals surface area contributed by atoms with Gasteiger partial charge in [0, 0.05) is 31.0 Å². The van der Waals surface area contributed by atoms with E-state index in [-0.39, 0.29) is 63.8 Å². The highest BCUT2D eigenvalue weighted by molar-refractivity contribution is 7.95. The minimum absolute atomic E-state index is 0. The first-order valence-corrected chi connectivity index (χ1v) is 20.8. The summed E-state index contributed by atoms with van der Waals surface area (Å²) in [6.07, 6.45) is 8.76. The molecule has 0 unspecified atom stereocenters. The number of sulfonamides is 1. The molecule has 5 rings (SSSR count). The number of aliphatic carboxylic acids is 1. The molecule has 0 aromatic heterocycles. The molecule has 1 heterocycles. The number of benzene rings is 1. The van der Waals surface area contributed by atoms with E-state index in [2.05, 4.69) is 43.4 Å². The molecule has 270 valence electrons. The molecule has 1 aliphatic heterocycles. The number of piperidine rings is 1. The second kappa shape index (κ2) is 14.2. The number of carbonyl (C=O) groups is 3. The molecule has 1 spiro atoms. The number of halogens is 1. The molecule has 3 fully saturated rings. The Labute approximate surface area is 306 Å². The van der Waals surface area contributed by atoms with Crippen LogP contribution in [0.2, 0.25) is 0 Å². The standard InChI is InChI=1S/C35H53N3O7S2.HI/c1-32(2,3)45-31(42)38(27(29(39)40)14-21-46(6)7)30(41)36-28-22-25-13-16-35(28,33(25,4)5)23-47(43,44)37-19-17-34(18-20-37)15-12-24-10-8-9-11-26(24)34;/h8-11,25,27-28H,12-23H2,1-7H3,(H-,36,39,40,41);1H/t25-,27+,28+,35-;/m1./s1. The number of hydrogen-bond acceptors (Lipinski definition) is 6. The smallest absolute Gasteiger partial charge is 0.419 e. The summed E-state index contributed by atoms with van der Waals surface area (Å²) >= 11 is 0. The van der Waals surface area contributed by atoms with Crippen molar-refractivity contribution in [2.24, 2.45) is 16.7 Å². The zero-order chi connectivity index (χ0) is 34.6. The molecule has 4 aliphatic rings. The lowest BCUT2D eigenvalue weighted by atomic mass is 9.69. The summed E-state index contributed by atoms with van der Waals surface area (Å²) < 4.78 is 35.8. The minimum Gasteiger partial charge on any atom is -1.00 e. The van der Waals surface area contributed by atoms with Gasteiger partial charge in [0.15, 0.2) is 0 Å². The van der Waals surface area contributed by atoms with Crippen molar-refractivity contribution in [2.75, 3.05) is 37.1 Å². The van der Waals surface area contributed by atoms with Gasteiger partial charge in [0.25, 0.3) is 0 Å². The maximum absolute atomic E-state index is 14.3. The predicted octanol–water partition coefficient (Wildman–Crippen LogP) is 2.16. The first-order valence-electron chi connectivity index (χ1n) is 17.0. The number of imide groups is 1. The van der Waals surface area contributed by atoms with Gasteiger partial charge < -0.3 is 39.1 Å². The Morgan fingerprint density at radius 2 is 1.75 bits per heavy atom. The molecule has 48 heavy (non-hydrogen) atoms. The van der Waals surface area contributed by atoms with E-state index >= 15 is 0 Å². The number of aryl methyl sites for hydroxylation is 1. The number of rotatable bonds is 9.